The standard InChI is InChI=1S/C10H19NO/c1-9-7-5-3-2-4-6-8-11-10(9)12/h9H,2-8H2,1H3,(H,11,12). The second-order valence-electron chi connectivity index (χ2n) is 3.75. The van der Waals surface area contributed by atoms with E-state index in [0.29, 0.717) is 0 Å². The number of carbonyl (C=O) groups excluding carboxylic acids is 1. The molecule has 2 heteroatoms. The maximum atomic E-state index is 11.3. The van der Waals surface area contributed by atoms with Crippen molar-refractivity contribution >= 4 is 5.91 Å². The van der Waals surface area contributed by atoms with Crippen LogP contribution in [-0.4, -0.2) is 12.5 Å². The van der Waals surface area contributed by atoms with Crippen LogP contribution in [0.15, 0.2) is 0 Å². The van der Waals surface area contributed by atoms with Gasteiger partial charge in [0.1, 0.15) is 0 Å². The van der Waals surface area contributed by atoms with E-state index in [1.165, 1.54) is 25.7 Å². The van der Waals surface area contributed by atoms with Gasteiger partial charge in [-0.05, 0) is 12.8 Å². The van der Waals surface area contributed by atoms with E-state index in [4.69, 9.17) is 0 Å². The van der Waals surface area contributed by atoms with E-state index in [1.54, 1.807) is 0 Å². The Hall–Kier alpha value is -0.530. The molecule has 1 saturated heterocycles. The lowest BCUT2D eigenvalue weighted by Gasteiger charge is -2.13. The first kappa shape index (κ1) is 9.56. The topological polar surface area (TPSA) is 29.1 Å². The van der Waals surface area contributed by atoms with Gasteiger partial charge in [-0.3, -0.25) is 4.79 Å². The fourth-order valence-corrected chi connectivity index (χ4v) is 1.62. The minimum atomic E-state index is 0.225. The van der Waals surface area contributed by atoms with Gasteiger partial charge in [-0.2, -0.15) is 0 Å². The maximum Gasteiger partial charge on any atom is 0.222 e. The van der Waals surface area contributed by atoms with Gasteiger partial charge in [0.15, 0.2) is 0 Å². The van der Waals surface area contributed by atoms with Gasteiger partial charge >= 0.3 is 0 Å². The van der Waals surface area contributed by atoms with E-state index in [1.807, 2.05) is 6.92 Å². The predicted molar refractivity (Wildman–Crippen MR) is 49.9 cm³/mol. The Morgan fingerprint density at radius 1 is 1.17 bits per heavy atom. The molecule has 1 atom stereocenters. The van der Waals surface area contributed by atoms with Crippen molar-refractivity contribution in [2.75, 3.05) is 6.54 Å². The molecule has 1 unspecified atom stereocenters. The average Bonchev–Trinajstić information content (AvgIpc) is 2.08. The van der Waals surface area contributed by atoms with Crippen LogP contribution in [0.5, 0.6) is 0 Å². The normalized spacial score (nSPS) is 27.8. The molecule has 1 aliphatic heterocycles. The molecular weight excluding hydrogens is 150 g/mol. The summed E-state index contributed by atoms with van der Waals surface area (Å²) < 4.78 is 0. The molecule has 0 aromatic carbocycles. The zero-order chi connectivity index (χ0) is 8.81. The lowest BCUT2D eigenvalue weighted by atomic mass is 10.00. The third kappa shape index (κ3) is 3.24. The molecule has 0 radical (unpaired) electrons. The molecule has 0 aliphatic carbocycles. The molecule has 0 saturated carbocycles. The summed E-state index contributed by atoms with van der Waals surface area (Å²) >= 11 is 0. The van der Waals surface area contributed by atoms with Crippen molar-refractivity contribution in [2.24, 2.45) is 5.92 Å². The van der Waals surface area contributed by atoms with Gasteiger partial charge in [0.05, 0.1) is 0 Å². The van der Waals surface area contributed by atoms with Crippen molar-refractivity contribution < 1.29 is 4.79 Å². The molecule has 0 aromatic heterocycles. The van der Waals surface area contributed by atoms with Crippen molar-refractivity contribution in [2.45, 2.75) is 45.4 Å². The van der Waals surface area contributed by atoms with Crippen molar-refractivity contribution in [3.63, 3.8) is 0 Å². The number of hydrogen-bond donors (Lipinski definition) is 1. The van der Waals surface area contributed by atoms with Crippen molar-refractivity contribution in [3.8, 4) is 0 Å². The zero-order valence-electron chi connectivity index (χ0n) is 7.94. The van der Waals surface area contributed by atoms with E-state index in [0.717, 1.165) is 19.4 Å². The van der Waals surface area contributed by atoms with Crippen LogP contribution in [0.1, 0.15) is 45.4 Å². The summed E-state index contributed by atoms with van der Waals surface area (Å²) in [7, 11) is 0. The molecular formula is C10H19NO. The fourth-order valence-electron chi connectivity index (χ4n) is 1.62. The lowest BCUT2D eigenvalue weighted by Crippen LogP contribution is -2.30. The number of nitrogens with one attached hydrogen (secondary N) is 1. The number of hydrogen-bond acceptors (Lipinski definition) is 1. The van der Waals surface area contributed by atoms with E-state index in [2.05, 4.69) is 5.32 Å². The molecule has 1 aliphatic rings. The minimum Gasteiger partial charge on any atom is -0.356 e. The van der Waals surface area contributed by atoms with Gasteiger partial charge in [0.25, 0.3) is 0 Å². The third-order valence-corrected chi connectivity index (χ3v) is 2.56. The van der Waals surface area contributed by atoms with E-state index >= 15 is 0 Å². The summed E-state index contributed by atoms with van der Waals surface area (Å²) in [6.45, 7) is 2.90. The van der Waals surface area contributed by atoms with Gasteiger partial charge in [0.2, 0.25) is 5.91 Å². The van der Waals surface area contributed by atoms with Crippen molar-refractivity contribution in [3.05, 3.63) is 0 Å². The molecule has 1 heterocycles. The highest BCUT2D eigenvalue weighted by Crippen LogP contribution is 2.12. The molecule has 1 amide bonds. The Kier molecular flexibility index (Phi) is 4.12. The first-order valence-electron chi connectivity index (χ1n) is 5.08. The first-order valence-corrected chi connectivity index (χ1v) is 5.08. The molecule has 1 rings (SSSR count). The number of amides is 1. The Labute approximate surface area is 74.7 Å². The first-order chi connectivity index (χ1) is 5.80. The Morgan fingerprint density at radius 3 is 2.67 bits per heavy atom. The summed E-state index contributed by atoms with van der Waals surface area (Å²) in [6, 6.07) is 0. The zero-order valence-corrected chi connectivity index (χ0v) is 7.94. The van der Waals surface area contributed by atoms with E-state index in [-0.39, 0.29) is 11.8 Å². The smallest absolute Gasteiger partial charge is 0.222 e. The van der Waals surface area contributed by atoms with Crippen LogP contribution in [0.4, 0.5) is 0 Å². The van der Waals surface area contributed by atoms with Crippen molar-refractivity contribution in [1.29, 1.82) is 0 Å². The second kappa shape index (κ2) is 5.18. The quantitative estimate of drug-likeness (QED) is 0.591. The van der Waals surface area contributed by atoms with Crippen LogP contribution < -0.4 is 5.32 Å². The monoisotopic (exact) mass is 169 g/mol. The maximum absolute atomic E-state index is 11.3. The molecule has 0 aromatic rings. The average molecular weight is 169 g/mol. The second-order valence-corrected chi connectivity index (χ2v) is 3.75. The fraction of sp³-hybridized carbons (Fsp3) is 0.900. The number of carbonyl (C=O) groups is 1. The van der Waals surface area contributed by atoms with Gasteiger partial charge in [0, 0.05) is 12.5 Å². The lowest BCUT2D eigenvalue weighted by molar-refractivity contribution is -0.124. The highest BCUT2D eigenvalue weighted by molar-refractivity contribution is 5.78. The van der Waals surface area contributed by atoms with Crippen LogP contribution in [-0.2, 0) is 4.79 Å². The molecule has 12 heavy (non-hydrogen) atoms. The van der Waals surface area contributed by atoms with Crippen LogP contribution in [0.25, 0.3) is 0 Å². The van der Waals surface area contributed by atoms with Crippen LogP contribution >= 0.6 is 0 Å². The van der Waals surface area contributed by atoms with Gasteiger partial charge in [-0.1, -0.05) is 32.6 Å². The van der Waals surface area contributed by atoms with E-state index < -0.39 is 0 Å². The Morgan fingerprint density at radius 2 is 1.83 bits per heavy atom. The highest BCUT2D eigenvalue weighted by atomic mass is 16.1. The van der Waals surface area contributed by atoms with Crippen LogP contribution in [0.2, 0.25) is 0 Å². The molecule has 70 valence electrons. The molecule has 0 bridgehead atoms. The molecule has 0 spiro atoms. The summed E-state index contributed by atoms with van der Waals surface area (Å²) in [6.07, 6.45) is 7.34. The summed E-state index contributed by atoms with van der Waals surface area (Å²) in [5, 5.41) is 2.96. The summed E-state index contributed by atoms with van der Waals surface area (Å²) in [5.41, 5.74) is 0. The highest BCUT2D eigenvalue weighted by Gasteiger charge is 2.12. The number of rotatable bonds is 0. The van der Waals surface area contributed by atoms with Gasteiger partial charge in [-0.25, -0.2) is 0 Å². The van der Waals surface area contributed by atoms with Gasteiger partial charge < -0.3 is 5.32 Å². The predicted octanol–water partition coefficient (Wildman–Crippen LogP) is 2.09. The summed E-state index contributed by atoms with van der Waals surface area (Å²) in [5.74, 6) is 0.472. The minimum absolute atomic E-state index is 0.225. The largest absolute Gasteiger partial charge is 0.356 e. The third-order valence-electron chi connectivity index (χ3n) is 2.56. The molecule has 1 N–H and O–H groups in total. The van der Waals surface area contributed by atoms with Crippen LogP contribution in [0, 0.1) is 5.92 Å². The Balaban J connectivity index is 2.31. The molecule has 1 fully saturated rings. The summed E-state index contributed by atoms with van der Waals surface area (Å²) in [4.78, 5) is 11.3. The SMILES string of the molecule is CC1CCCCCCCNC1=O. The Bertz CT molecular complexity index is 145. The van der Waals surface area contributed by atoms with E-state index in [9.17, 15) is 4.79 Å². The van der Waals surface area contributed by atoms with Crippen LogP contribution in [0.3, 0.4) is 0 Å². The van der Waals surface area contributed by atoms with Gasteiger partial charge in [-0.15, -0.1) is 0 Å². The molecule has 2 nitrogen and oxygen atoms in total. The van der Waals surface area contributed by atoms with Crippen molar-refractivity contribution in [1.82, 2.24) is 5.32 Å².